The van der Waals surface area contributed by atoms with Crippen LogP contribution in [0.15, 0.2) is 18.3 Å². The zero-order chi connectivity index (χ0) is 11.0. The van der Waals surface area contributed by atoms with E-state index in [0.29, 0.717) is 11.8 Å². The van der Waals surface area contributed by atoms with Crippen molar-refractivity contribution in [3.05, 3.63) is 29.0 Å². The summed E-state index contributed by atoms with van der Waals surface area (Å²) in [5, 5.41) is 0.457. The van der Waals surface area contributed by atoms with Gasteiger partial charge in [-0.05, 0) is 17.7 Å². The topological polar surface area (TPSA) is 48.1 Å². The molecule has 1 unspecified atom stereocenters. The fourth-order valence-electron chi connectivity index (χ4n) is 0.924. The van der Waals surface area contributed by atoms with Crippen molar-refractivity contribution in [2.24, 2.45) is 5.73 Å². The fraction of sp³-hybridized carbons (Fsp3) is 0.500. The average molecular weight is 217 g/mol. The van der Waals surface area contributed by atoms with Gasteiger partial charge in [-0.3, -0.25) is 0 Å². The molecule has 0 amide bonds. The lowest BCUT2D eigenvalue weighted by atomic mass is 10.1. The summed E-state index contributed by atoms with van der Waals surface area (Å²) >= 11 is 5.68. The Labute approximate surface area is 90.2 Å². The first-order valence-corrected chi connectivity index (χ1v) is 4.98. The molecule has 0 saturated carbocycles. The molecule has 1 aromatic rings. The summed E-state index contributed by atoms with van der Waals surface area (Å²) in [6, 6.07) is 3.44. The van der Waals surface area contributed by atoms with Gasteiger partial charge in [0.2, 0.25) is 0 Å². The summed E-state index contributed by atoms with van der Waals surface area (Å²) in [7, 11) is 1.61. The summed E-state index contributed by atoms with van der Waals surface area (Å²) in [5.41, 5.74) is 6.70. The minimum atomic E-state index is -0.129. The first-order valence-electron chi connectivity index (χ1n) is 4.60. The second kappa shape index (κ2) is 7.74. The third-order valence-corrected chi connectivity index (χ3v) is 1.73. The number of hydrogen-bond acceptors (Lipinski definition) is 3. The predicted molar refractivity (Wildman–Crippen MR) is 59.4 cm³/mol. The number of hydrogen-bond donors (Lipinski definition) is 1. The Balaban J connectivity index is 0.000000791. The third kappa shape index (κ3) is 4.56. The van der Waals surface area contributed by atoms with Crippen molar-refractivity contribution in [1.82, 2.24) is 4.98 Å². The standard InChI is InChI=1S/C8H11ClN2O.C2H6/c1-12-5-7(10)6-2-3-11-8(9)4-6;1-2/h2-4,7H,5,10H2,1H3;1-2H3. The molecule has 0 aromatic carbocycles. The van der Waals surface area contributed by atoms with Crippen LogP contribution in [0, 0.1) is 0 Å². The van der Waals surface area contributed by atoms with E-state index in [2.05, 4.69) is 4.98 Å². The van der Waals surface area contributed by atoms with E-state index in [4.69, 9.17) is 22.1 Å². The van der Waals surface area contributed by atoms with Crippen molar-refractivity contribution in [2.75, 3.05) is 13.7 Å². The number of aromatic nitrogens is 1. The van der Waals surface area contributed by atoms with Gasteiger partial charge >= 0.3 is 0 Å². The molecular formula is C10H17ClN2O. The highest BCUT2D eigenvalue weighted by Crippen LogP contribution is 2.13. The fourth-order valence-corrected chi connectivity index (χ4v) is 1.11. The van der Waals surface area contributed by atoms with Crippen molar-refractivity contribution >= 4 is 11.6 Å². The molecule has 1 rings (SSSR count). The number of nitrogens with zero attached hydrogens (tertiary/aromatic N) is 1. The van der Waals surface area contributed by atoms with Crippen LogP contribution in [0.5, 0.6) is 0 Å². The monoisotopic (exact) mass is 216 g/mol. The zero-order valence-corrected chi connectivity index (χ0v) is 9.58. The van der Waals surface area contributed by atoms with Crippen LogP contribution in [0.25, 0.3) is 0 Å². The lowest BCUT2D eigenvalue weighted by molar-refractivity contribution is 0.181. The molecule has 4 heteroatoms. The van der Waals surface area contributed by atoms with Gasteiger partial charge < -0.3 is 10.5 Å². The van der Waals surface area contributed by atoms with Gasteiger partial charge in [-0.25, -0.2) is 4.98 Å². The Morgan fingerprint density at radius 1 is 1.57 bits per heavy atom. The summed E-state index contributed by atoms with van der Waals surface area (Å²) in [6.45, 7) is 4.49. The molecule has 0 saturated heterocycles. The van der Waals surface area contributed by atoms with Gasteiger partial charge in [-0.15, -0.1) is 0 Å². The first-order chi connectivity index (χ1) is 6.74. The highest BCUT2D eigenvalue weighted by Gasteiger charge is 2.05. The molecule has 0 aliphatic carbocycles. The highest BCUT2D eigenvalue weighted by molar-refractivity contribution is 6.29. The van der Waals surface area contributed by atoms with E-state index in [1.54, 1.807) is 19.4 Å². The van der Waals surface area contributed by atoms with E-state index in [1.165, 1.54) is 0 Å². The maximum atomic E-state index is 5.76. The summed E-state index contributed by atoms with van der Waals surface area (Å²) in [4.78, 5) is 3.85. The second-order valence-corrected chi connectivity index (χ2v) is 2.86. The first kappa shape index (κ1) is 13.4. The summed E-state index contributed by atoms with van der Waals surface area (Å²) in [5.74, 6) is 0. The van der Waals surface area contributed by atoms with Gasteiger partial charge in [0.15, 0.2) is 0 Å². The van der Waals surface area contributed by atoms with Crippen molar-refractivity contribution < 1.29 is 4.74 Å². The average Bonchev–Trinajstić information content (AvgIpc) is 2.21. The Hall–Kier alpha value is -0.640. The highest BCUT2D eigenvalue weighted by atomic mass is 35.5. The van der Waals surface area contributed by atoms with Gasteiger partial charge in [-0.1, -0.05) is 25.4 Å². The van der Waals surface area contributed by atoms with E-state index in [0.717, 1.165) is 5.56 Å². The summed E-state index contributed by atoms with van der Waals surface area (Å²) in [6.07, 6.45) is 1.63. The molecule has 1 aromatic heterocycles. The normalized spacial score (nSPS) is 11.5. The number of rotatable bonds is 3. The largest absolute Gasteiger partial charge is 0.383 e. The molecule has 0 spiro atoms. The van der Waals surface area contributed by atoms with Crippen LogP contribution >= 0.6 is 11.6 Å². The Morgan fingerprint density at radius 2 is 2.21 bits per heavy atom. The zero-order valence-electron chi connectivity index (χ0n) is 8.83. The van der Waals surface area contributed by atoms with Crippen molar-refractivity contribution in [3.8, 4) is 0 Å². The molecule has 14 heavy (non-hydrogen) atoms. The molecule has 1 heterocycles. The SMILES string of the molecule is CC.COCC(N)c1ccnc(Cl)c1. The van der Waals surface area contributed by atoms with Crippen LogP contribution in [0.4, 0.5) is 0 Å². The molecule has 3 nitrogen and oxygen atoms in total. The van der Waals surface area contributed by atoms with Crippen LogP contribution < -0.4 is 5.73 Å². The van der Waals surface area contributed by atoms with Crippen LogP contribution in [-0.2, 0) is 4.74 Å². The maximum Gasteiger partial charge on any atom is 0.129 e. The second-order valence-electron chi connectivity index (χ2n) is 2.47. The molecule has 2 N–H and O–H groups in total. The number of methoxy groups -OCH3 is 1. The minimum absolute atomic E-state index is 0.129. The molecule has 80 valence electrons. The quantitative estimate of drug-likeness (QED) is 0.790. The van der Waals surface area contributed by atoms with Gasteiger partial charge in [0, 0.05) is 13.3 Å². The number of ether oxygens (including phenoxy) is 1. The number of pyridine rings is 1. The van der Waals surface area contributed by atoms with Crippen molar-refractivity contribution in [2.45, 2.75) is 19.9 Å². The molecular weight excluding hydrogens is 200 g/mol. The van der Waals surface area contributed by atoms with Gasteiger partial charge in [0.05, 0.1) is 12.6 Å². The predicted octanol–water partition coefficient (Wildman–Crippen LogP) is 2.41. The van der Waals surface area contributed by atoms with Gasteiger partial charge in [-0.2, -0.15) is 0 Å². The van der Waals surface area contributed by atoms with E-state index < -0.39 is 0 Å². The molecule has 0 bridgehead atoms. The Kier molecular flexibility index (Phi) is 7.38. The van der Waals surface area contributed by atoms with Crippen LogP contribution in [0.1, 0.15) is 25.5 Å². The van der Waals surface area contributed by atoms with E-state index >= 15 is 0 Å². The number of nitrogens with two attached hydrogens (primary N) is 1. The van der Waals surface area contributed by atoms with Crippen LogP contribution in [0.2, 0.25) is 5.15 Å². The molecule has 0 fully saturated rings. The van der Waals surface area contributed by atoms with Crippen LogP contribution in [-0.4, -0.2) is 18.7 Å². The molecule has 0 aliphatic heterocycles. The molecule has 0 radical (unpaired) electrons. The summed E-state index contributed by atoms with van der Waals surface area (Å²) < 4.78 is 4.91. The van der Waals surface area contributed by atoms with Crippen molar-refractivity contribution in [3.63, 3.8) is 0 Å². The Bertz CT molecular complexity index is 256. The van der Waals surface area contributed by atoms with Gasteiger partial charge in [0.25, 0.3) is 0 Å². The number of halogens is 1. The van der Waals surface area contributed by atoms with Crippen molar-refractivity contribution in [1.29, 1.82) is 0 Å². The lowest BCUT2D eigenvalue weighted by Gasteiger charge is -2.09. The minimum Gasteiger partial charge on any atom is -0.383 e. The Morgan fingerprint density at radius 3 is 2.71 bits per heavy atom. The van der Waals surface area contributed by atoms with E-state index in [1.807, 2.05) is 19.9 Å². The van der Waals surface area contributed by atoms with E-state index in [9.17, 15) is 0 Å². The van der Waals surface area contributed by atoms with E-state index in [-0.39, 0.29) is 6.04 Å². The van der Waals surface area contributed by atoms with Gasteiger partial charge in [0.1, 0.15) is 5.15 Å². The third-order valence-electron chi connectivity index (χ3n) is 1.53. The maximum absolute atomic E-state index is 5.76. The molecule has 1 atom stereocenters. The lowest BCUT2D eigenvalue weighted by Crippen LogP contribution is -2.15. The molecule has 0 aliphatic rings. The smallest absolute Gasteiger partial charge is 0.129 e. The van der Waals surface area contributed by atoms with Crippen LogP contribution in [0.3, 0.4) is 0 Å².